The van der Waals surface area contributed by atoms with Crippen molar-refractivity contribution in [2.75, 3.05) is 0 Å². The topological polar surface area (TPSA) is 83.5 Å². The zero-order valence-electron chi connectivity index (χ0n) is 19.8. The van der Waals surface area contributed by atoms with E-state index < -0.39 is 11.9 Å². The number of nitrogens with one attached hydrogen (secondary N) is 2. The van der Waals surface area contributed by atoms with Gasteiger partial charge in [-0.3, -0.25) is 4.79 Å². The second-order valence-corrected chi connectivity index (χ2v) is 11.6. The number of hydrazone groups is 1. The molecule has 39 heavy (non-hydrogen) atoms. The summed E-state index contributed by atoms with van der Waals surface area (Å²) in [6.45, 7) is 0. The molecule has 1 aromatic heterocycles. The fourth-order valence-electron chi connectivity index (χ4n) is 4.02. The van der Waals surface area contributed by atoms with Crippen molar-refractivity contribution in [2.24, 2.45) is 5.10 Å². The zero-order chi connectivity index (χ0) is 27.5. The highest BCUT2D eigenvalue weighted by Crippen LogP contribution is 2.38. The van der Waals surface area contributed by atoms with Crippen LogP contribution in [0.3, 0.4) is 0 Å². The zero-order valence-corrected chi connectivity index (χ0v) is 25.9. The average molecular weight is 778 g/mol. The summed E-state index contributed by atoms with van der Waals surface area (Å²) in [5.74, 6) is -0.707. The van der Waals surface area contributed by atoms with Crippen LogP contribution in [0.5, 0.6) is 5.75 Å². The van der Waals surface area contributed by atoms with Crippen molar-refractivity contribution in [3.63, 3.8) is 0 Å². The van der Waals surface area contributed by atoms with E-state index in [1.807, 2.05) is 42.5 Å². The number of rotatable bonds is 6. The van der Waals surface area contributed by atoms with Gasteiger partial charge in [-0.2, -0.15) is 5.10 Å². The number of aromatic amines is 1. The maximum absolute atomic E-state index is 13.4. The molecule has 0 aliphatic rings. The molecule has 0 aliphatic carbocycles. The predicted octanol–water partition coefficient (Wildman–Crippen LogP) is 8.60. The highest BCUT2D eigenvalue weighted by atomic mass is 127. The van der Waals surface area contributed by atoms with Crippen LogP contribution in [0, 0.1) is 3.57 Å². The molecule has 0 aliphatic heterocycles. The first kappa shape index (κ1) is 27.6. The van der Waals surface area contributed by atoms with Crippen molar-refractivity contribution >= 4 is 95.0 Å². The van der Waals surface area contributed by atoms with E-state index in [-0.39, 0.29) is 5.75 Å². The van der Waals surface area contributed by atoms with Crippen LogP contribution in [0.4, 0.5) is 0 Å². The number of carbonyl (C=O) groups excluding carboxylic acids is 2. The van der Waals surface area contributed by atoms with Gasteiger partial charge in [0.15, 0.2) is 5.75 Å². The third-order valence-electron chi connectivity index (χ3n) is 5.76. The molecule has 0 saturated carbocycles. The highest BCUT2D eigenvalue weighted by Gasteiger charge is 2.22. The molecule has 4 aromatic carbocycles. The van der Waals surface area contributed by atoms with Crippen LogP contribution < -0.4 is 10.2 Å². The third kappa shape index (κ3) is 5.96. The maximum atomic E-state index is 13.4. The van der Waals surface area contributed by atoms with E-state index in [9.17, 15) is 9.59 Å². The molecule has 6 nitrogen and oxygen atoms in total. The number of H-pyrrole nitrogens is 1. The minimum Gasteiger partial charge on any atom is -0.421 e. The Hall–Kier alpha value is -2.99. The lowest BCUT2D eigenvalue weighted by molar-refractivity contribution is 0.0733. The average Bonchev–Trinajstić information content (AvgIpc) is 3.32. The quantitative estimate of drug-likeness (QED) is 0.0596. The van der Waals surface area contributed by atoms with Gasteiger partial charge in [-0.15, -0.1) is 0 Å². The van der Waals surface area contributed by atoms with E-state index in [0.717, 1.165) is 24.5 Å². The number of para-hydroxylation sites is 1. The number of esters is 1. The van der Waals surface area contributed by atoms with Crippen LogP contribution in [0.1, 0.15) is 26.4 Å². The van der Waals surface area contributed by atoms with E-state index in [2.05, 4.69) is 70.0 Å². The predicted molar refractivity (Wildman–Crippen MR) is 170 cm³/mol. The summed E-state index contributed by atoms with van der Waals surface area (Å²) in [6.07, 6.45) is 1.42. The Morgan fingerprint density at radius 2 is 1.72 bits per heavy atom. The van der Waals surface area contributed by atoms with Crippen molar-refractivity contribution in [3.05, 3.63) is 119 Å². The number of nitrogens with zero attached hydrogens (tertiary/aromatic N) is 1. The standard InChI is InChI=1S/C29H17Br2ClIN3O3/c30-18-13-17(27(21(31)14-18)39-29(38)16-7-2-1-3-8-16)15-34-36-28(37)26-24(19-9-4-5-11-22(19)32)20-10-6-12-23(33)25(20)35-26/h1-15,35H,(H,36,37). The van der Waals surface area contributed by atoms with Gasteiger partial charge in [0.05, 0.1) is 21.8 Å². The minimum absolute atomic E-state index is 0.266. The van der Waals surface area contributed by atoms with E-state index in [0.29, 0.717) is 31.9 Å². The Bertz CT molecular complexity index is 1760. The van der Waals surface area contributed by atoms with Crippen LogP contribution in [-0.2, 0) is 0 Å². The molecule has 0 spiro atoms. The minimum atomic E-state index is -0.519. The van der Waals surface area contributed by atoms with Gasteiger partial charge in [0, 0.05) is 35.1 Å². The van der Waals surface area contributed by atoms with Crippen molar-refractivity contribution < 1.29 is 14.3 Å². The third-order valence-corrected chi connectivity index (χ3v) is 8.04. The molecule has 1 heterocycles. The molecule has 0 bridgehead atoms. The number of fused-ring (bicyclic) bond motifs is 1. The van der Waals surface area contributed by atoms with Crippen molar-refractivity contribution in [1.82, 2.24) is 10.4 Å². The Morgan fingerprint density at radius 1 is 0.974 bits per heavy atom. The summed E-state index contributed by atoms with van der Waals surface area (Å²) in [7, 11) is 0. The maximum Gasteiger partial charge on any atom is 0.343 e. The van der Waals surface area contributed by atoms with Gasteiger partial charge in [-0.1, -0.05) is 76.1 Å². The molecular formula is C29H17Br2ClIN3O3. The smallest absolute Gasteiger partial charge is 0.343 e. The Balaban J connectivity index is 1.47. The Kier molecular flexibility index (Phi) is 8.51. The SMILES string of the molecule is O=C(Oc1c(Br)cc(Br)cc1C=NNC(=O)c1[nH]c2c(I)cccc2c1-c1ccccc1Cl)c1ccccc1. The second kappa shape index (κ2) is 12.0. The first-order chi connectivity index (χ1) is 18.8. The van der Waals surface area contributed by atoms with Gasteiger partial charge in [-0.05, 0) is 74.9 Å². The molecule has 5 rings (SSSR count). The van der Waals surface area contributed by atoms with E-state index in [1.165, 1.54) is 6.21 Å². The normalized spacial score (nSPS) is 11.2. The number of benzene rings is 4. The van der Waals surface area contributed by atoms with E-state index >= 15 is 0 Å². The molecule has 0 saturated heterocycles. The molecular weight excluding hydrogens is 761 g/mol. The summed E-state index contributed by atoms with van der Waals surface area (Å²) in [4.78, 5) is 29.3. The molecule has 194 valence electrons. The summed E-state index contributed by atoms with van der Waals surface area (Å²) in [5, 5.41) is 5.58. The van der Waals surface area contributed by atoms with Crippen molar-refractivity contribution in [1.29, 1.82) is 0 Å². The monoisotopic (exact) mass is 775 g/mol. The number of ether oxygens (including phenoxy) is 1. The molecule has 0 fully saturated rings. The van der Waals surface area contributed by atoms with Gasteiger partial charge >= 0.3 is 5.97 Å². The number of hydrogen-bond acceptors (Lipinski definition) is 4. The Labute approximate surface area is 259 Å². The first-order valence-electron chi connectivity index (χ1n) is 11.5. The summed E-state index contributed by atoms with van der Waals surface area (Å²) >= 11 is 15.6. The fraction of sp³-hybridized carbons (Fsp3) is 0. The Morgan fingerprint density at radius 3 is 2.49 bits per heavy atom. The van der Waals surface area contributed by atoms with Crippen LogP contribution >= 0.6 is 66.1 Å². The van der Waals surface area contributed by atoms with Gasteiger partial charge in [-0.25, -0.2) is 10.2 Å². The molecule has 0 radical (unpaired) electrons. The lowest BCUT2D eigenvalue weighted by atomic mass is 10.0. The number of aromatic nitrogens is 1. The summed E-state index contributed by atoms with van der Waals surface area (Å²) in [5.41, 5.74) is 6.03. The van der Waals surface area contributed by atoms with Crippen LogP contribution in [0.15, 0.2) is 99.0 Å². The molecule has 2 N–H and O–H groups in total. The van der Waals surface area contributed by atoms with Crippen LogP contribution in [0.25, 0.3) is 22.0 Å². The van der Waals surface area contributed by atoms with Crippen LogP contribution in [-0.4, -0.2) is 23.1 Å². The lowest BCUT2D eigenvalue weighted by Crippen LogP contribution is -2.19. The summed E-state index contributed by atoms with van der Waals surface area (Å²) in [6, 6.07) is 25.4. The van der Waals surface area contributed by atoms with Gasteiger partial charge < -0.3 is 9.72 Å². The van der Waals surface area contributed by atoms with Crippen LogP contribution in [0.2, 0.25) is 5.02 Å². The number of halogens is 4. The molecule has 0 unspecified atom stereocenters. The lowest BCUT2D eigenvalue weighted by Gasteiger charge is -2.10. The van der Waals surface area contributed by atoms with Gasteiger partial charge in [0.1, 0.15) is 5.69 Å². The van der Waals surface area contributed by atoms with Gasteiger partial charge in [0.25, 0.3) is 5.91 Å². The summed E-state index contributed by atoms with van der Waals surface area (Å²) < 4.78 is 7.90. The fourth-order valence-corrected chi connectivity index (χ4v) is 6.22. The molecule has 10 heteroatoms. The largest absolute Gasteiger partial charge is 0.421 e. The molecule has 0 atom stereocenters. The second-order valence-electron chi connectivity index (χ2n) is 8.28. The molecule has 5 aromatic rings. The van der Waals surface area contributed by atoms with Crippen molar-refractivity contribution in [3.8, 4) is 16.9 Å². The number of carbonyl (C=O) groups is 2. The highest BCUT2D eigenvalue weighted by molar-refractivity contribution is 14.1. The van der Waals surface area contributed by atoms with Crippen molar-refractivity contribution in [2.45, 2.75) is 0 Å². The number of hydrogen-bond donors (Lipinski definition) is 2. The van der Waals surface area contributed by atoms with E-state index in [1.54, 1.807) is 42.5 Å². The van der Waals surface area contributed by atoms with E-state index in [4.69, 9.17) is 16.3 Å². The molecule has 1 amide bonds. The first-order valence-corrected chi connectivity index (χ1v) is 14.5. The van der Waals surface area contributed by atoms with Gasteiger partial charge in [0.2, 0.25) is 0 Å². The number of amides is 1.